The third-order valence-corrected chi connectivity index (χ3v) is 7.15. The van der Waals surface area contributed by atoms with Crippen molar-refractivity contribution in [3.05, 3.63) is 59.7 Å². The Morgan fingerprint density at radius 2 is 1.14 bits per heavy atom. The SMILES string of the molecule is COc1ccc(/C=C/C(=O)C2(C(=O)/C=C/c3ccc(OC)c(OC)c3)CCC(N(C)C)CC2)cc1OC. The molecule has 0 atom stereocenters. The van der Waals surface area contributed by atoms with Crippen LogP contribution in [0.15, 0.2) is 48.6 Å². The predicted octanol–water partition coefficient (Wildman–Crippen LogP) is 5.08. The number of nitrogens with zero attached hydrogens (tertiary/aromatic N) is 1. The molecule has 7 heteroatoms. The van der Waals surface area contributed by atoms with E-state index >= 15 is 0 Å². The highest BCUT2D eigenvalue weighted by Gasteiger charge is 2.45. The third kappa shape index (κ3) is 6.41. The molecule has 0 radical (unpaired) electrons. The Hall–Kier alpha value is -3.58. The Balaban J connectivity index is 1.88. The third-order valence-electron chi connectivity index (χ3n) is 7.15. The van der Waals surface area contributed by atoms with Gasteiger partial charge in [0.15, 0.2) is 34.6 Å². The first-order chi connectivity index (χ1) is 17.8. The highest BCUT2D eigenvalue weighted by molar-refractivity contribution is 6.17. The van der Waals surface area contributed by atoms with E-state index in [0.29, 0.717) is 41.9 Å². The van der Waals surface area contributed by atoms with Crippen LogP contribution in [-0.4, -0.2) is 65.0 Å². The molecule has 0 aromatic heterocycles. The van der Waals surface area contributed by atoms with Crippen molar-refractivity contribution in [1.82, 2.24) is 4.90 Å². The van der Waals surface area contributed by atoms with Crippen LogP contribution in [0.5, 0.6) is 23.0 Å². The fourth-order valence-corrected chi connectivity index (χ4v) is 4.80. The van der Waals surface area contributed by atoms with Crippen molar-refractivity contribution in [2.45, 2.75) is 31.7 Å². The first kappa shape index (κ1) is 28.0. The van der Waals surface area contributed by atoms with Crippen LogP contribution in [-0.2, 0) is 9.59 Å². The second-order valence-corrected chi connectivity index (χ2v) is 9.40. The lowest BCUT2D eigenvalue weighted by Gasteiger charge is -2.38. The first-order valence-corrected chi connectivity index (χ1v) is 12.3. The minimum absolute atomic E-state index is 0.179. The number of carbonyl (C=O) groups is 2. The van der Waals surface area contributed by atoms with Crippen LogP contribution >= 0.6 is 0 Å². The van der Waals surface area contributed by atoms with Gasteiger partial charge in [0.05, 0.1) is 33.9 Å². The van der Waals surface area contributed by atoms with E-state index in [2.05, 4.69) is 4.90 Å². The van der Waals surface area contributed by atoms with E-state index in [-0.39, 0.29) is 11.6 Å². The standard InChI is InChI=1S/C30H37NO6/c1-31(2)23-15-17-30(18-16-23,28(32)13-9-21-7-11-24(34-3)26(19-21)36-5)29(33)14-10-22-8-12-25(35-4)27(20-22)37-6/h7-14,19-20,23H,15-18H2,1-6H3/b13-9+,14-10+. The van der Waals surface area contributed by atoms with E-state index in [0.717, 1.165) is 24.0 Å². The zero-order chi connectivity index (χ0) is 27.0. The van der Waals surface area contributed by atoms with Gasteiger partial charge in [0.2, 0.25) is 0 Å². The number of allylic oxidation sites excluding steroid dienone is 2. The summed E-state index contributed by atoms with van der Waals surface area (Å²) in [6.45, 7) is 0. The van der Waals surface area contributed by atoms with Gasteiger partial charge in [0.1, 0.15) is 0 Å². The minimum atomic E-state index is -1.09. The van der Waals surface area contributed by atoms with Gasteiger partial charge in [-0.25, -0.2) is 0 Å². The molecule has 2 aromatic rings. The molecular formula is C30H37NO6. The molecule has 0 spiro atoms. The number of hydrogen-bond donors (Lipinski definition) is 0. The summed E-state index contributed by atoms with van der Waals surface area (Å²) in [5.41, 5.74) is 0.486. The van der Waals surface area contributed by atoms with Crippen molar-refractivity contribution < 1.29 is 28.5 Å². The number of ether oxygens (including phenoxy) is 4. The zero-order valence-electron chi connectivity index (χ0n) is 22.6. The molecule has 198 valence electrons. The molecule has 0 aliphatic heterocycles. The van der Waals surface area contributed by atoms with Crippen molar-refractivity contribution in [2.24, 2.45) is 5.41 Å². The first-order valence-electron chi connectivity index (χ1n) is 12.3. The van der Waals surface area contributed by atoms with Crippen LogP contribution in [0.2, 0.25) is 0 Å². The van der Waals surface area contributed by atoms with Gasteiger partial charge in [-0.1, -0.05) is 24.3 Å². The summed E-state index contributed by atoms with van der Waals surface area (Å²) in [5, 5.41) is 0. The van der Waals surface area contributed by atoms with Gasteiger partial charge in [-0.05, 0) is 87.3 Å². The summed E-state index contributed by atoms with van der Waals surface area (Å²) in [5.74, 6) is 2.02. The van der Waals surface area contributed by atoms with Crippen molar-refractivity contribution >= 4 is 23.7 Å². The summed E-state index contributed by atoms with van der Waals surface area (Å²) in [6.07, 6.45) is 9.07. The molecule has 0 unspecified atom stereocenters. The molecule has 2 aromatic carbocycles. The Labute approximate surface area is 219 Å². The number of carbonyl (C=O) groups excluding carboxylic acids is 2. The van der Waals surface area contributed by atoms with Crippen LogP contribution < -0.4 is 18.9 Å². The molecule has 0 bridgehead atoms. The molecule has 0 amide bonds. The van der Waals surface area contributed by atoms with Crippen LogP contribution in [0.25, 0.3) is 12.2 Å². The normalized spacial score (nSPS) is 15.8. The van der Waals surface area contributed by atoms with Crippen LogP contribution in [0, 0.1) is 5.41 Å². The maximum absolute atomic E-state index is 13.6. The van der Waals surface area contributed by atoms with E-state index < -0.39 is 5.41 Å². The predicted molar refractivity (Wildman–Crippen MR) is 146 cm³/mol. The van der Waals surface area contributed by atoms with Crippen molar-refractivity contribution in [3.63, 3.8) is 0 Å². The maximum Gasteiger partial charge on any atom is 0.169 e. The van der Waals surface area contributed by atoms with E-state index in [1.807, 2.05) is 26.2 Å². The van der Waals surface area contributed by atoms with Gasteiger partial charge in [-0.3, -0.25) is 9.59 Å². The minimum Gasteiger partial charge on any atom is -0.493 e. The molecule has 1 aliphatic rings. The van der Waals surface area contributed by atoms with E-state index in [4.69, 9.17) is 18.9 Å². The van der Waals surface area contributed by atoms with E-state index in [1.165, 1.54) is 12.2 Å². The van der Waals surface area contributed by atoms with Crippen LogP contribution in [0.3, 0.4) is 0 Å². The molecule has 1 fully saturated rings. The molecule has 0 heterocycles. The fraction of sp³-hybridized carbons (Fsp3) is 0.400. The van der Waals surface area contributed by atoms with E-state index in [1.54, 1.807) is 64.9 Å². The average Bonchev–Trinajstić information content (AvgIpc) is 2.93. The molecule has 0 saturated heterocycles. The van der Waals surface area contributed by atoms with Crippen LogP contribution in [0.1, 0.15) is 36.8 Å². The lowest BCUT2D eigenvalue weighted by molar-refractivity contribution is -0.138. The zero-order valence-corrected chi connectivity index (χ0v) is 22.6. The maximum atomic E-state index is 13.6. The molecule has 1 aliphatic carbocycles. The highest BCUT2D eigenvalue weighted by atomic mass is 16.5. The number of rotatable bonds is 11. The van der Waals surface area contributed by atoms with Crippen molar-refractivity contribution in [1.29, 1.82) is 0 Å². The lowest BCUT2D eigenvalue weighted by atomic mass is 9.66. The van der Waals surface area contributed by atoms with Gasteiger partial charge in [0.25, 0.3) is 0 Å². The van der Waals surface area contributed by atoms with Crippen LogP contribution in [0.4, 0.5) is 0 Å². The highest BCUT2D eigenvalue weighted by Crippen LogP contribution is 2.41. The molecule has 1 saturated carbocycles. The summed E-state index contributed by atoms with van der Waals surface area (Å²) >= 11 is 0. The summed E-state index contributed by atoms with van der Waals surface area (Å²) < 4.78 is 21.3. The Morgan fingerprint density at radius 1 is 0.730 bits per heavy atom. The fourth-order valence-electron chi connectivity index (χ4n) is 4.80. The largest absolute Gasteiger partial charge is 0.493 e. The Morgan fingerprint density at radius 3 is 1.49 bits per heavy atom. The van der Waals surface area contributed by atoms with Gasteiger partial charge in [-0.15, -0.1) is 0 Å². The molecule has 3 rings (SSSR count). The molecular weight excluding hydrogens is 470 g/mol. The topological polar surface area (TPSA) is 74.3 Å². The molecule has 7 nitrogen and oxygen atoms in total. The second kappa shape index (κ2) is 12.6. The summed E-state index contributed by atoms with van der Waals surface area (Å²) in [4.78, 5) is 29.4. The smallest absolute Gasteiger partial charge is 0.169 e. The van der Waals surface area contributed by atoms with E-state index in [9.17, 15) is 9.59 Å². The summed E-state index contributed by atoms with van der Waals surface area (Å²) in [7, 11) is 10.4. The quantitative estimate of drug-likeness (QED) is 0.310. The number of benzene rings is 2. The number of methoxy groups -OCH3 is 4. The summed E-state index contributed by atoms with van der Waals surface area (Å²) in [6, 6.07) is 11.2. The van der Waals surface area contributed by atoms with Gasteiger partial charge in [-0.2, -0.15) is 0 Å². The molecule has 37 heavy (non-hydrogen) atoms. The van der Waals surface area contributed by atoms with Gasteiger partial charge in [0, 0.05) is 6.04 Å². The molecule has 0 N–H and O–H groups in total. The Kier molecular flexibility index (Phi) is 9.53. The lowest BCUT2D eigenvalue weighted by Crippen LogP contribution is -2.45. The van der Waals surface area contributed by atoms with Crippen molar-refractivity contribution in [2.75, 3.05) is 42.5 Å². The average molecular weight is 508 g/mol. The van der Waals surface area contributed by atoms with Gasteiger partial charge < -0.3 is 23.8 Å². The van der Waals surface area contributed by atoms with Gasteiger partial charge >= 0.3 is 0 Å². The monoisotopic (exact) mass is 507 g/mol. The number of ketones is 2. The van der Waals surface area contributed by atoms with Crippen molar-refractivity contribution in [3.8, 4) is 23.0 Å². The Bertz CT molecular complexity index is 1080. The number of hydrogen-bond acceptors (Lipinski definition) is 7. The second-order valence-electron chi connectivity index (χ2n) is 9.40.